The molecule has 148 valence electrons. The first-order valence-electron chi connectivity index (χ1n) is 8.12. The number of rotatable bonds is 6. The van der Waals surface area contributed by atoms with Gasteiger partial charge in [-0.2, -0.15) is 0 Å². The number of amides is 1. The molecule has 0 aromatic heterocycles. The summed E-state index contributed by atoms with van der Waals surface area (Å²) in [6.07, 6.45) is -0.551. The molecule has 7 nitrogen and oxygen atoms in total. The van der Waals surface area contributed by atoms with Gasteiger partial charge in [0.2, 0.25) is 5.75 Å². The second-order valence-electron chi connectivity index (χ2n) is 6.11. The molecule has 0 aliphatic carbocycles. The van der Waals surface area contributed by atoms with Gasteiger partial charge in [-0.1, -0.05) is 23.2 Å². The van der Waals surface area contributed by atoms with Crippen LogP contribution in [0.3, 0.4) is 0 Å². The number of aliphatic hydroxyl groups is 1. The number of halogens is 2. The largest absolute Gasteiger partial charge is 0.493 e. The normalized spacial score (nSPS) is 17.7. The Morgan fingerprint density at radius 1 is 1.07 bits per heavy atom. The molecule has 0 spiro atoms. The highest BCUT2D eigenvalue weighted by Crippen LogP contribution is 2.47. The molecule has 2 aromatic carbocycles. The number of anilines is 1. The number of fused-ring (bicyclic) bond motifs is 1. The van der Waals surface area contributed by atoms with Crippen LogP contribution in [0.2, 0.25) is 10.0 Å². The van der Waals surface area contributed by atoms with Crippen molar-refractivity contribution >= 4 is 40.6 Å². The Bertz CT molecular complexity index is 952. The molecule has 0 bridgehead atoms. The quantitative estimate of drug-likeness (QED) is 0.688. The summed E-state index contributed by atoms with van der Waals surface area (Å²) < 4.78 is 15.7. The third-order valence-corrected chi connectivity index (χ3v) is 5.16. The molecule has 0 fully saturated rings. The summed E-state index contributed by atoms with van der Waals surface area (Å²) in [5.74, 6) is -0.442. The minimum absolute atomic E-state index is 0.0764. The van der Waals surface area contributed by atoms with Gasteiger partial charge in [0.1, 0.15) is 0 Å². The number of Topliss-reactive ketones (excluding diaryl/α,β-unsaturated/α-hetero) is 1. The topological polar surface area (TPSA) is 94.1 Å². The number of hydrogen-bond donors (Lipinski definition) is 2. The number of hydrogen-bond acceptors (Lipinski definition) is 6. The maximum atomic E-state index is 12.9. The molecule has 1 unspecified atom stereocenters. The van der Waals surface area contributed by atoms with Crippen molar-refractivity contribution in [3.63, 3.8) is 0 Å². The van der Waals surface area contributed by atoms with Crippen molar-refractivity contribution in [3.8, 4) is 17.2 Å². The van der Waals surface area contributed by atoms with E-state index in [0.717, 1.165) is 0 Å². The molecule has 28 heavy (non-hydrogen) atoms. The van der Waals surface area contributed by atoms with Crippen molar-refractivity contribution in [2.45, 2.75) is 12.0 Å². The molecule has 0 radical (unpaired) electrons. The maximum absolute atomic E-state index is 12.9. The van der Waals surface area contributed by atoms with Crippen LogP contribution in [-0.2, 0) is 10.4 Å². The van der Waals surface area contributed by atoms with Crippen LogP contribution in [0.25, 0.3) is 0 Å². The Morgan fingerprint density at radius 2 is 1.64 bits per heavy atom. The number of carbonyl (C=O) groups excluding carboxylic acids is 2. The zero-order chi connectivity index (χ0) is 20.6. The lowest BCUT2D eigenvalue weighted by atomic mass is 9.88. The fourth-order valence-electron chi connectivity index (χ4n) is 3.15. The van der Waals surface area contributed by atoms with Gasteiger partial charge in [-0.3, -0.25) is 9.59 Å². The number of benzene rings is 2. The molecule has 1 atom stereocenters. The third kappa shape index (κ3) is 3.15. The number of ketones is 1. The summed E-state index contributed by atoms with van der Waals surface area (Å²) in [4.78, 5) is 25.4. The molecule has 2 N–H and O–H groups in total. The van der Waals surface area contributed by atoms with Gasteiger partial charge in [0.25, 0.3) is 5.91 Å². The Hall–Kier alpha value is -2.48. The molecule has 9 heteroatoms. The van der Waals surface area contributed by atoms with Crippen LogP contribution in [0.1, 0.15) is 22.3 Å². The molecule has 2 aromatic rings. The fourth-order valence-corrected chi connectivity index (χ4v) is 3.67. The highest BCUT2D eigenvalue weighted by Gasteiger charge is 2.49. The lowest BCUT2D eigenvalue weighted by molar-refractivity contribution is -0.133. The van der Waals surface area contributed by atoms with Gasteiger partial charge in [-0.15, -0.1) is 0 Å². The zero-order valence-electron chi connectivity index (χ0n) is 15.3. The van der Waals surface area contributed by atoms with Gasteiger partial charge in [0, 0.05) is 16.1 Å². The summed E-state index contributed by atoms with van der Waals surface area (Å²) in [5, 5.41) is 13.9. The van der Waals surface area contributed by atoms with Crippen LogP contribution >= 0.6 is 23.2 Å². The smallest absolute Gasteiger partial charge is 0.261 e. The molecule has 0 saturated carbocycles. The Morgan fingerprint density at radius 3 is 2.18 bits per heavy atom. The summed E-state index contributed by atoms with van der Waals surface area (Å²) in [6.45, 7) is 0. The van der Waals surface area contributed by atoms with Gasteiger partial charge in [-0.25, -0.2) is 0 Å². The maximum Gasteiger partial charge on any atom is 0.261 e. The van der Waals surface area contributed by atoms with Crippen molar-refractivity contribution in [2.24, 2.45) is 0 Å². The molecule has 1 heterocycles. The first kappa shape index (κ1) is 20.3. The van der Waals surface area contributed by atoms with E-state index in [1.165, 1.54) is 45.6 Å². The molecular formula is C19H17Cl2NO6. The first-order chi connectivity index (χ1) is 13.3. The van der Waals surface area contributed by atoms with E-state index in [-0.39, 0.29) is 38.4 Å². The van der Waals surface area contributed by atoms with Crippen molar-refractivity contribution in [1.29, 1.82) is 0 Å². The van der Waals surface area contributed by atoms with E-state index < -0.39 is 23.7 Å². The van der Waals surface area contributed by atoms with E-state index in [0.29, 0.717) is 5.75 Å². The van der Waals surface area contributed by atoms with Crippen LogP contribution in [0, 0.1) is 0 Å². The number of methoxy groups -OCH3 is 3. The molecule has 3 rings (SSSR count). The van der Waals surface area contributed by atoms with Gasteiger partial charge < -0.3 is 24.6 Å². The van der Waals surface area contributed by atoms with E-state index in [1.54, 1.807) is 0 Å². The number of ether oxygens (including phenoxy) is 3. The van der Waals surface area contributed by atoms with Gasteiger partial charge in [0.15, 0.2) is 22.9 Å². The predicted molar refractivity (Wildman–Crippen MR) is 104 cm³/mol. The predicted octanol–water partition coefficient (Wildman–Crippen LogP) is 3.43. The van der Waals surface area contributed by atoms with Gasteiger partial charge in [-0.05, 0) is 24.3 Å². The summed E-state index contributed by atoms with van der Waals surface area (Å²) >= 11 is 12.3. The number of nitrogens with one attached hydrogen (secondary N) is 1. The summed E-state index contributed by atoms with van der Waals surface area (Å²) in [6, 6.07) is 5.84. The molecule has 1 aliphatic heterocycles. The van der Waals surface area contributed by atoms with E-state index in [1.807, 2.05) is 0 Å². The lowest BCUT2D eigenvalue weighted by Gasteiger charge is -2.21. The average Bonchev–Trinajstić information content (AvgIpc) is 2.95. The van der Waals surface area contributed by atoms with Crippen LogP contribution in [0.4, 0.5) is 5.69 Å². The van der Waals surface area contributed by atoms with Crippen LogP contribution < -0.4 is 19.5 Å². The highest BCUT2D eigenvalue weighted by molar-refractivity contribution is 6.38. The van der Waals surface area contributed by atoms with E-state index >= 15 is 0 Å². The van der Waals surface area contributed by atoms with E-state index in [4.69, 9.17) is 37.4 Å². The van der Waals surface area contributed by atoms with E-state index in [9.17, 15) is 14.7 Å². The van der Waals surface area contributed by atoms with Crippen molar-refractivity contribution in [2.75, 3.05) is 26.6 Å². The van der Waals surface area contributed by atoms with Crippen molar-refractivity contribution < 1.29 is 28.9 Å². The van der Waals surface area contributed by atoms with E-state index in [2.05, 4.69) is 5.32 Å². The molecule has 0 saturated heterocycles. The van der Waals surface area contributed by atoms with Gasteiger partial charge in [0.05, 0.1) is 38.5 Å². The summed E-state index contributed by atoms with van der Waals surface area (Å²) in [5.41, 5.74) is -1.72. The minimum Gasteiger partial charge on any atom is -0.493 e. The van der Waals surface area contributed by atoms with Crippen molar-refractivity contribution in [1.82, 2.24) is 0 Å². The van der Waals surface area contributed by atoms with Crippen LogP contribution in [-0.4, -0.2) is 38.1 Å². The molecule has 1 amide bonds. The minimum atomic E-state index is -2.16. The first-order valence-corrected chi connectivity index (χ1v) is 8.88. The van der Waals surface area contributed by atoms with Crippen LogP contribution in [0.15, 0.2) is 24.3 Å². The lowest BCUT2D eigenvalue weighted by Crippen LogP contribution is -2.36. The monoisotopic (exact) mass is 425 g/mol. The molecule has 1 aliphatic rings. The van der Waals surface area contributed by atoms with Crippen molar-refractivity contribution in [3.05, 3.63) is 45.4 Å². The van der Waals surface area contributed by atoms with Crippen LogP contribution in [0.5, 0.6) is 17.2 Å². The Kier molecular flexibility index (Phi) is 5.43. The standard InChI is InChI=1S/C19H17Cl2NO6/c1-26-13-6-9(7-14(27-2)17(13)28-3)12(23)8-19(25)15-10(20)4-5-11(21)16(15)22-18(19)24/h4-7,25H,8H2,1-3H3,(H,22,24). The number of carbonyl (C=O) groups is 2. The third-order valence-electron chi connectivity index (χ3n) is 4.53. The fraction of sp³-hybridized carbons (Fsp3) is 0.263. The molecular weight excluding hydrogens is 409 g/mol. The summed E-state index contributed by atoms with van der Waals surface area (Å²) in [7, 11) is 4.28. The SMILES string of the molecule is COc1cc(C(=O)CC2(O)C(=O)Nc3c(Cl)ccc(Cl)c32)cc(OC)c1OC. The second-order valence-corrected chi connectivity index (χ2v) is 6.92. The average molecular weight is 426 g/mol. The Balaban J connectivity index is 2.03. The van der Waals surface area contributed by atoms with Gasteiger partial charge >= 0.3 is 0 Å². The Labute approximate surface area is 171 Å². The zero-order valence-corrected chi connectivity index (χ0v) is 16.8. The highest BCUT2D eigenvalue weighted by atomic mass is 35.5. The second kappa shape index (κ2) is 7.50.